The maximum atomic E-state index is 4.46. The minimum Gasteiger partial charge on any atom is -0.362 e. The SMILES string of the molecule is C=C(C#Cc1ccccc1)N1CCN(c2ncccc2Br)CC1. The molecule has 0 aliphatic carbocycles. The second-order valence-electron chi connectivity index (χ2n) is 5.35. The lowest BCUT2D eigenvalue weighted by molar-refractivity contribution is 0.333. The molecule has 0 atom stereocenters. The van der Waals surface area contributed by atoms with Gasteiger partial charge in [0.1, 0.15) is 5.82 Å². The quantitative estimate of drug-likeness (QED) is 0.756. The number of allylic oxidation sites excluding steroid dienone is 1. The first-order valence-corrected chi connectivity index (χ1v) is 8.40. The fraction of sp³-hybridized carbons (Fsp3) is 0.211. The molecule has 3 rings (SSSR count). The molecule has 1 saturated heterocycles. The number of piperazine rings is 1. The van der Waals surface area contributed by atoms with Gasteiger partial charge in [-0.15, -0.1) is 0 Å². The summed E-state index contributed by atoms with van der Waals surface area (Å²) in [5.41, 5.74) is 1.90. The summed E-state index contributed by atoms with van der Waals surface area (Å²) in [7, 11) is 0. The predicted octanol–water partition coefficient (Wildman–Crippen LogP) is 3.53. The van der Waals surface area contributed by atoms with Crippen LogP contribution < -0.4 is 4.90 Å². The zero-order chi connectivity index (χ0) is 16.1. The molecule has 0 radical (unpaired) electrons. The molecule has 3 nitrogen and oxygen atoms in total. The molecule has 2 heterocycles. The number of aromatic nitrogens is 1. The fourth-order valence-electron chi connectivity index (χ4n) is 2.54. The smallest absolute Gasteiger partial charge is 0.142 e. The number of benzene rings is 1. The van der Waals surface area contributed by atoms with Crippen LogP contribution in [0.4, 0.5) is 5.82 Å². The Bertz CT molecular complexity index is 738. The largest absolute Gasteiger partial charge is 0.362 e. The average molecular weight is 368 g/mol. The van der Waals surface area contributed by atoms with Gasteiger partial charge < -0.3 is 9.80 Å². The molecule has 23 heavy (non-hydrogen) atoms. The van der Waals surface area contributed by atoms with Gasteiger partial charge in [0, 0.05) is 37.9 Å². The van der Waals surface area contributed by atoms with Crippen molar-refractivity contribution in [2.45, 2.75) is 0 Å². The standard InChI is InChI=1S/C19H18BrN3/c1-16(9-10-17-6-3-2-4-7-17)22-12-14-23(15-13-22)19-18(20)8-5-11-21-19/h2-8,11H,1,12-15H2. The highest BCUT2D eigenvalue weighted by Crippen LogP contribution is 2.24. The van der Waals surface area contributed by atoms with Crippen LogP contribution in [0.1, 0.15) is 5.56 Å². The molecule has 1 aromatic carbocycles. The van der Waals surface area contributed by atoms with E-state index in [0.717, 1.165) is 47.7 Å². The van der Waals surface area contributed by atoms with E-state index in [0.29, 0.717) is 0 Å². The molecule has 116 valence electrons. The van der Waals surface area contributed by atoms with Gasteiger partial charge in [-0.1, -0.05) is 30.7 Å². The highest BCUT2D eigenvalue weighted by molar-refractivity contribution is 9.10. The van der Waals surface area contributed by atoms with Crippen LogP contribution in [0.2, 0.25) is 0 Å². The minimum absolute atomic E-state index is 0.883. The second kappa shape index (κ2) is 7.34. The van der Waals surface area contributed by atoms with E-state index in [-0.39, 0.29) is 0 Å². The Hall–Kier alpha value is -2.25. The maximum Gasteiger partial charge on any atom is 0.142 e. The molecule has 0 spiro atoms. The predicted molar refractivity (Wildman–Crippen MR) is 98.2 cm³/mol. The Balaban J connectivity index is 1.60. The molecule has 1 aliphatic rings. The summed E-state index contributed by atoms with van der Waals surface area (Å²) in [6.45, 7) is 7.77. The van der Waals surface area contributed by atoms with E-state index in [9.17, 15) is 0 Å². The van der Waals surface area contributed by atoms with E-state index >= 15 is 0 Å². The number of halogens is 1. The van der Waals surface area contributed by atoms with Crippen molar-refractivity contribution < 1.29 is 0 Å². The Morgan fingerprint density at radius 2 is 1.78 bits per heavy atom. The van der Waals surface area contributed by atoms with Crippen LogP contribution >= 0.6 is 15.9 Å². The van der Waals surface area contributed by atoms with Gasteiger partial charge in [-0.25, -0.2) is 4.98 Å². The Morgan fingerprint density at radius 3 is 2.48 bits per heavy atom. The number of nitrogens with zero attached hydrogens (tertiary/aromatic N) is 3. The maximum absolute atomic E-state index is 4.46. The lowest BCUT2D eigenvalue weighted by Crippen LogP contribution is -2.46. The van der Waals surface area contributed by atoms with E-state index in [2.05, 4.69) is 49.1 Å². The lowest BCUT2D eigenvalue weighted by Gasteiger charge is -2.36. The van der Waals surface area contributed by atoms with Crippen LogP contribution in [0.25, 0.3) is 0 Å². The van der Waals surface area contributed by atoms with Crippen molar-refractivity contribution in [1.82, 2.24) is 9.88 Å². The highest BCUT2D eigenvalue weighted by Gasteiger charge is 2.19. The Kier molecular flexibility index (Phi) is 4.99. The molecule has 1 aromatic heterocycles. The van der Waals surface area contributed by atoms with Gasteiger partial charge in [0.05, 0.1) is 10.2 Å². The van der Waals surface area contributed by atoms with E-state index < -0.39 is 0 Å². The molecule has 4 heteroatoms. The highest BCUT2D eigenvalue weighted by atomic mass is 79.9. The molecule has 1 aliphatic heterocycles. The van der Waals surface area contributed by atoms with Gasteiger partial charge in [0.15, 0.2) is 0 Å². The van der Waals surface area contributed by atoms with Crippen molar-refractivity contribution in [2.24, 2.45) is 0 Å². The van der Waals surface area contributed by atoms with Crippen molar-refractivity contribution in [3.63, 3.8) is 0 Å². The van der Waals surface area contributed by atoms with E-state index in [1.54, 1.807) is 0 Å². The monoisotopic (exact) mass is 367 g/mol. The fourth-order valence-corrected chi connectivity index (χ4v) is 3.05. The number of hydrogen-bond donors (Lipinski definition) is 0. The van der Waals surface area contributed by atoms with Gasteiger partial charge >= 0.3 is 0 Å². The van der Waals surface area contributed by atoms with Crippen molar-refractivity contribution in [1.29, 1.82) is 0 Å². The Labute approximate surface area is 145 Å². The Morgan fingerprint density at radius 1 is 1.04 bits per heavy atom. The lowest BCUT2D eigenvalue weighted by atomic mass is 10.2. The van der Waals surface area contributed by atoms with E-state index in [1.165, 1.54) is 0 Å². The second-order valence-corrected chi connectivity index (χ2v) is 6.20. The zero-order valence-corrected chi connectivity index (χ0v) is 14.5. The summed E-state index contributed by atoms with van der Waals surface area (Å²) in [5.74, 6) is 7.35. The number of rotatable bonds is 2. The summed E-state index contributed by atoms with van der Waals surface area (Å²) in [5, 5.41) is 0. The first-order chi connectivity index (χ1) is 11.2. The van der Waals surface area contributed by atoms with Crippen molar-refractivity contribution in [3.05, 3.63) is 71.0 Å². The van der Waals surface area contributed by atoms with E-state index in [1.807, 2.05) is 48.7 Å². The topological polar surface area (TPSA) is 19.4 Å². The van der Waals surface area contributed by atoms with Crippen molar-refractivity contribution >= 4 is 21.7 Å². The van der Waals surface area contributed by atoms with Crippen LogP contribution in [0.15, 0.2) is 65.4 Å². The summed E-state index contributed by atoms with van der Waals surface area (Å²) < 4.78 is 1.04. The van der Waals surface area contributed by atoms with Crippen molar-refractivity contribution in [3.8, 4) is 11.8 Å². The van der Waals surface area contributed by atoms with Crippen LogP contribution in [0.5, 0.6) is 0 Å². The summed E-state index contributed by atoms with van der Waals surface area (Å²) >= 11 is 3.57. The number of anilines is 1. The van der Waals surface area contributed by atoms with Gasteiger partial charge in [-0.3, -0.25) is 0 Å². The molecule has 0 bridgehead atoms. The van der Waals surface area contributed by atoms with Gasteiger partial charge in [-0.2, -0.15) is 0 Å². The first kappa shape index (κ1) is 15.6. The molecule has 0 amide bonds. The van der Waals surface area contributed by atoms with Crippen LogP contribution in [-0.4, -0.2) is 36.1 Å². The third-order valence-electron chi connectivity index (χ3n) is 3.82. The molecular formula is C19H18BrN3. The van der Waals surface area contributed by atoms with Gasteiger partial charge in [-0.05, 0) is 46.1 Å². The normalized spacial score (nSPS) is 14.1. The zero-order valence-electron chi connectivity index (χ0n) is 12.9. The number of pyridine rings is 1. The average Bonchev–Trinajstić information content (AvgIpc) is 2.61. The molecule has 2 aromatic rings. The van der Waals surface area contributed by atoms with Crippen LogP contribution in [0.3, 0.4) is 0 Å². The summed E-state index contributed by atoms with van der Waals surface area (Å²) in [6, 6.07) is 14.0. The molecule has 0 unspecified atom stereocenters. The molecule has 1 fully saturated rings. The van der Waals surface area contributed by atoms with Crippen LogP contribution in [0, 0.1) is 11.8 Å². The van der Waals surface area contributed by atoms with E-state index in [4.69, 9.17) is 0 Å². The third-order valence-corrected chi connectivity index (χ3v) is 4.44. The summed E-state index contributed by atoms with van der Waals surface area (Å²) in [6.07, 6.45) is 1.83. The van der Waals surface area contributed by atoms with Gasteiger partial charge in [0.25, 0.3) is 0 Å². The molecule has 0 N–H and O–H groups in total. The van der Waals surface area contributed by atoms with Crippen LogP contribution in [-0.2, 0) is 0 Å². The third kappa shape index (κ3) is 3.94. The minimum atomic E-state index is 0.883. The summed E-state index contributed by atoms with van der Waals surface area (Å²) in [4.78, 5) is 8.99. The number of hydrogen-bond acceptors (Lipinski definition) is 3. The molecular weight excluding hydrogens is 350 g/mol. The molecule has 0 saturated carbocycles. The van der Waals surface area contributed by atoms with Crippen molar-refractivity contribution in [2.75, 3.05) is 31.1 Å². The first-order valence-electron chi connectivity index (χ1n) is 7.60. The van der Waals surface area contributed by atoms with Gasteiger partial charge in [0.2, 0.25) is 0 Å².